The van der Waals surface area contributed by atoms with Gasteiger partial charge in [0.2, 0.25) is 0 Å². The van der Waals surface area contributed by atoms with Gasteiger partial charge in [0.15, 0.2) is 0 Å². The highest BCUT2D eigenvalue weighted by Crippen LogP contribution is 2.43. The van der Waals surface area contributed by atoms with Gasteiger partial charge in [0.05, 0.1) is 6.04 Å². The molecule has 112 valence electrons. The molecule has 0 amide bonds. The summed E-state index contributed by atoms with van der Waals surface area (Å²) in [6.07, 6.45) is 4.29. The maximum absolute atomic E-state index is 14.2. The topological polar surface area (TPSA) is 29.3 Å². The molecule has 1 atom stereocenters. The summed E-state index contributed by atoms with van der Waals surface area (Å²) < 4.78 is 14.2. The number of likely N-dealkylation sites (N-methyl/N-ethyl adjacent to an activating group) is 1. The summed E-state index contributed by atoms with van der Waals surface area (Å²) in [5.41, 5.74) is 6.88. The molecule has 1 saturated carbocycles. The molecule has 0 aromatic heterocycles. The molecule has 0 aliphatic heterocycles. The van der Waals surface area contributed by atoms with Crippen molar-refractivity contribution in [1.29, 1.82) is 0 Å². The lowest BCUT2D eigenvalue weighted by Crippen LogP contribution is -2.54. The van der Waals surface area contributed by atoms with E-state index in [1.807, 2.05) is 14.1 Å². The highest BCUT2D eigenvalue weighted by atomic mass is 35.5. The van der Waals surface area contributed by atoms with Gasteiger partial charge in [-0.05, 0) is 57.8 Å². The van der Waals surface area contributed by atoms with Crippen LogP contribution in [0.3, 0.4) is 0 Å². The van der Waals surface area contributed by atoms with Crippen LogP contribution in [-0.4, -0.2) is 24.5 Å². The van der Waals surface area contributed by atoms with Gasteiger partial charge in [-0.3, -0.25) is 0 Å². The first-order chi connectivity index (χ1) is 9.36. The van der Waals surface area contributed by atoms with Crippen LogP contribution < -0.4 is 5.73 Å². The van der Waals surface area contributed by atoms with Crippen molar-refractivity contribution in [2.75, 3.05) is 14.1 Å². The standard InChI is InChI=1S/C16H24ClFN2/c1-11-6-8-16(9-7-11,20(2)3)15(19)13-5-4-12(17)10-14(13)18/h4-5,10-11,15H,6-9,19H2,1-3H3. The summed E-state index contributed by atoms with van der Waals surface area (Å²) >= 11 is 5.83. The maximum Gasteiger partial charge on any atom is 0.129 e. The van der Waals surface area contributed by atoms with Crippen LogP contribution in [0, 0.1) is 11.7 Å². The highest BCUT2D eigenvalue weighted by molar-refractivity contribution is 6.30. The van der Waals surface area contributed by atoms with Crippen LogP contribution in [0.2, 0.25) is 5.02 Å². The summed E-state index contributed by atoms with van der Waals surface area (Å²) in [6, 6.07) is 4.47. The van der Waals surface area contributed by atoms with Gasteiger partial charge in [0.25, 0.3) is 0 Å². The first-order valence-electron chi connectivity index (χ1n) is 7.25. The number of benzene rings is 1. The van der Waals surface area contributed by atoms with Crippen LogP contribution in [0.25, 0.3) is 0 Å². The van der Waals surface area contributed by atoms with Gasteiger partial charge < -0.3 is 10.6 Å². The van der Waals surface area contributed by atoms with E-state index in [1.54, 1.807) is 12.1 Å². The number of nitrogens with two attached hydrogens (primary N) is 1. The van der Waals surface area contributed by atoms with Crippen molar-refractivity contribution in [2.45, 2.75) is 44.2 Å². The molecule has 0 radical (unpaired) electrons. The van der Waals surface area contributed by atoms with E-state index in [0.29, 0.717) is 10.6 Å². The Labute approximate surface area is 126 Å². The zero-order valence-electron chi connectivity index (χ0n) is 12.5. The minimum Gasteiger partial charge on any atom is -0.322 e. The first-order valence-corrected chi connectivity index (χ1v) is 7.62. The molecule has 0 saturated heterocycles. The highest BCUT2D eigenvalue weighted by Gasteiger charge is 2.42. The Morgan fingerprint density at radius 1 is 1.35 bits per heavy atom. The van der Waals surface area contributed by atoms with Crippen molar-refractivity contribution in [1.82, 2.24) is 4.90 Å². The molecular weight excluding hydrogens is 275 g/mol. The van der Waals surface area contributed by atoms with Crippen molar-refractivity contribution >= 4 is 11.6 Å². The Kier molecular flexibility index (Phi) is 4.73. The lowest BCUT2D eigenvalue weighted by Gasteiger charge is -2.48. The molecule has 0 heterocycles. The molecule has 1 aliphatic rings. The van der Waals surface area contributed by atoms with E-state index < -0.39 is 0 Å². The van der Waals surface area contributed by atoms with Crippen LogP contribution in [0.5, 0.6) is 0 Å². The van der Waals surface area contributed by atoms with Crippen LogP contribution in [-0.2, 0) is 0 Å². The molecule has 4 heteroatoms. The van der Waals surface area contributed by atoms with Crippen molar-refractivity contribution < 1.29 is 4.39 Å². The van der Waals surface area contributed by atoms with Crippen LogP contribution in [0.15, 0.2) is 18.2 Å². The lowest BCUT2D eigenvalue weighted by atomic mass is 9.70. The molecule has 1 unspecified atom stereocenters. The van der Waals surface area contributed by atoms with E-state index in [4.69, 9.17) is 17.3 Å². The van der Waals surface area contributed by atoms with Crippen molar-refractivity contribution in [2.24, 2.45) is 11.7 Å². The smallest absolute Gasteiger partial charge is 0.129 e. The van der Waals surface area contributed by atoms with Crippen LogP contribution in [0.1, 0.15) is 44.2 Å². The first kappa shape index (κ1) is 15.7. The minimum absolute atomic E-state index is 0.165. The predicted molar refractivity (Wildman–Crippen MR) is 82.4 cm³/mol. The van der Waals surface area contributed by atoms with E-state index in [9.17, 15) is 4.39 Å². The number of nitrogens with zero attached hydrogens (tertiary/aromatic N) is 1. The molecule has 1 aromatic rings. The third-order valence-corrected chi connectivity index (χ3v) is 5.14. The van der Waals surface area contributed by atoms with Gasteiger partial charge in [-0.2, -0.15) is 0 Å². The number of rotatable bonds is 3. The van der Waals surface area contributed by atoms with E-state index in [2.05, 4.69) is 11.8 Å². The van der Waals surface area contributed by atoms with Gasteiger partial charge in [-0.25, -0.2) is 4.39 Å². The van der Waals surface area contributed by atoms with Crippen molar-refractivity contribution in [3.05, 3.63) is 34.6 Å². The summed E-state index contributed by atoms with van der Waals surface area (Å²) in [4.78, 5) is 2.18. The van der Waals surface area contributed by atoms with Gasteiger partial charge in [-0.15, -0.1) is 0 Å². The third-order valence-electron chi connectivity index (χ3n) is 4.91. The number of halogens is 2. The van der Waals surface area contributed by atoms with Crippen molar-refractivity contribution in [3.8, 4) is 0 Å². The largest absolute Gasteiger partial charge is 0.322 e. The maximum atomic E-state index is 14.2. The number of hydrogen-bond donors (Lipinski definition) is 1. The quantitative estimate of drug-likeness (QED) is 0.914. The molecule has 2 nitrogen and oxygen atoms in total. The molecule has 0 bridgehead atoms. The van der Waals surface area contributed by atoms with Crippen LogP contribution in [0.4, 0.5) is 4.39 Å². The second kappa shape index (κ2) is 6.00. The van der Waals surface area contributed by atoms with Gasteiger partial charge >= 0.3 is 0 Å². The Bertz CT molecular complexity index is 468. The van der Waals surface area contributed by atoms with E-state index in [0.717, 1.165) is 31.6 Å². The molecule has 1 aliphatic carbocycles. The molecule has 20 heavy (non-hydrogen) atoms. The second-order valence-corrected chi connectivity index (χ2v) is 6.76. The predicted octanol–water partition coefficient (Wildman–Crippen LogP) is 3.99. The fourth-order valence-electron chi connectivity index (χ4n) is 3.34. The van der Waals surface area contributed by atoms with E-state index >= 15 is 0 Å². The summed E-state index contributed by atoms with van der Waals surface area (Å²) in [7, 11) is 4.09. The summed E-state index contributed by atoms with van der Waals surface area (Å²) in [5, 5.41) is 0.412. The average Bonchev–Trinajstić information content (AvgIpc) is 2.39. The third kappa shape index (κ3) is 2.85. The van der Waals surface area contributed by atoms with E-state index in [-0.39, 0.29) is 17.4 Å². The second-order valence-electron chi connectivity index (χ2n) is 6.32. The summed E-state index contributed by atoms with van der Waals surface area (Å²) in [6.45, 7) is 2.27. The molecule has 0 spiro atoms. The molecular formula is C16H24ClFN2. The Morgan fingerprint density at radius 2 is 1.95 bits per heavy atom. The SMILES string of the molecule is CC1CCC(C(N)c2ccc(Cl)cc2F)(N(C)C)CC1. The molecule has 1 fully saturated rings. The van der Waals surface area contributed by atoms with Gasteiger partial charge in [0.1, 0.15) is 5.82 Å². The molecule has 1 aromatic carbocycles. The average molecular weight is 299 g/mol. The summed E-state index contributed by atoms with van der Waals surface area (Å²) in [5.74, 6) is 0.426. The Hall–Kier alpha value is -0.640. The monoisotopic (exact) mass is 298 g/mol. The Balaban J connectivity index is 2.34. The fraction of sp³-hybridized carbons (Fsp3) is 0.625. The zero-order chi connectivity index (χ0) is 14.9. The number of hydrogen-bond acceptors (Lipinski definition) is 2. The van der Waals surface area contributed by atoms with Gasteiger partial charge in [0, 0.05) is 16.1 Å². The van der Waals surface area contributed by atoms with Crippen LogP contribution >= 0.6 is 11.6 Å². The van der Waals surface area contributed by atoms with E-state index in [1.165, 1.54) is 6.07 Å². The Morgan fingerprint density at radius 3 is 2.45 bits per heavy atom. The van der Waals surface area contributed by atoms with Gasteiger partial charge in [-0.1, -0.05) is 24.6 Å². The minimum atomic E-state index is -0.331. The van der Waals surface area contributed by atoms with Crippen molar-refractivity contribution in [3.63, 3.8) is 0 Å². The molecule has 2 rings (SSSR count). The zero-order valence-corrected chi connectivity index (χ0v) is 13.3. The molecule has 2 N–H and O–H groups in total. The normalized spacial score (nSPS) is 28.6. The lowest BCUT2D eigenvalue weighted by molar-refractivity contribution is 0.0553. The fourth-order valence-corrected chi connectivity index (χ4v) is 3.50.